The summed E-state index contributed by atoms with van der Waals surface area (Å²) in [5.41, 5.74) is 0. The molecule has 2 fully saturated rings. The normalized spacial score (nSPS) is 33.5. The third-order valence-electron chi connectivity index (χ3n) is 4.95. The highest BCUT2D eigenvalue weighted by atomic mass is 14.9. The molecule has 0 aliphatic heterocycles. The molecule has 3 atom stereocenters. The summed E-state index contributed by atoms with van der Waals surface area (Å²) in [6.07, 6.45) is 10.3. The molecule has 1 N–H and O–H groups in total. The molecule has 0 amide bonds. The summed E-state index contributed by atoms with van der Waals surface area (Å²) in [5, 5.41) is 3.77. The Morgan fingerprint density at radius 1 is 1.06 bits per heavy atom. The van der Waals surface area contributed by atoms with Crippen molar-refractivity contribution in [3.05, 3.63) is 0 Å². The van der Waals surface area contributed by atoms with Crippen molar-refractivity contribution < 1.29 is 0 Å². The lowest BCUT2D eigenvalue weighted by molar-refractivity contribution is 0.388. The Hall–Kier alpha value is -0.0400. The standard InChI is InChI=1S/C16H31N/c1-4-17-15(11-7-8-12(2)3)16-13-9-5-6-10-14(13)16/h12-17H,4-11H2,1-3H3. The van der Waals surface area contributed by atoms with Gasteiger partial charge in [-0.3, -0.25) is 0 Å². The minimum absolute atomic E-state index is 0.840. The molecule has 2 rings (SSSR count). The van der Waals surface area contributed by atoms with E-state index >= 15 is 0 Å². The topological polar surface area (TPSA) is 12.0 Å². The van der Waals surface area contributed by atoms with Crippen LogP contribution in [-0.4, -0.2) is 12.6 Å². The van der Waals surface area contributed by atoms with Crippen molar-refractivity contribution in [2.75, 3.05) is 6.54 Å². The van der Waals surface area contributed by atoms with Gasteiger partial charge in [0, 0.05) is 6.04 Å². The lowest BCUT2D eigenvalue weighted by Gasteiger charge is -2.19. The zero-order valence-electron chi connectivity index (χ0n) is 12.0. The molecule has 0 bridgehead atoms. The number of hydrogen-bond donors (Lipinski definition) is 1. The van der Waals surface area contributed by atoms with E-state index in [1.165, 1.54) is 44.9 Å². The van der Waals surface area contributed by atoms with Crippen LogP contribution >= 0.6 is 0 Å². The van der Waals surface area contributed by atoms with Gasteiger partial charge in [-0.15, -0.1) is 0 Å². The van der Waals surface area contributed by atoms with E-state index < -0.39 is 0 Å². The van der Waals surface area contributed by atoms with E-state index in [0.717, 1.165) is 36.3 Å². The lowest BCUT2D eigenvalue weighted by atomic mass is 9.98. The van der Waals surface area contributed by atoms with Crippen molar-refractivity contribution >= 4 is 0 Å². The van der Waals surface area contributed by atoms with Gasteiger partial charge in [0.25, 0.3) is 0 Å². The van der Waals surface area contributed by atoms with Gasteiger partial charge in [0.15, 0.2) is 0 Å². The fourth-order valence-electron chi connectivity index (χ4n) is 4.08. The van der Waals surface area contributed by atoms with Crippen molar-refractivity contribution in [1.29, 1.82) is 0 Å². The van der Waals surface area contributed by atoms with Gasteiger partial charge in [-0.05, 0) is 49.5 Å². The van der Waals surface area contributed by atoms with Crippen LogP contribution in [0.25, 0.3) is 0 Å². The monoisotopic (exact) mass is 237 g/mol. The second-order valence-corrected chi connectivity index (χ2v) is 6.68. The number of nitrogens with one attached hydrogen (secondary N) is 1. The SMILES string of the molecule is CCNC(CCCC(C)C)C1C2CCCCC21. The molecule has 2 saturated carbocycles. The molecule has 0 aromatic heterocycles. The van der Waals surface area contributed by atoms with Crippen LogP contribution in [0.2, 0.25) is 0 Å². The van der Waals surface area contributed by atoms with Gasteiger partial charge in [-0.1, -0.05) is 46.5 Å². The van der Waals surface area contributed by atoms with E-state index in [2.05, 4.69) is 26.1 Å². The Morgan fingerprint density at radius 3 is 2.24 bits per heavy atom. The number of fused-ring (bicyclic) bond motifs is 1. The molecule has 0 heterocycles. The van der Waals surface area contributed by atoms with Gasteiger partial charge in [-0.2, -0.15) is 0 Å². The summed E-state index contributed by atoms with van der Waals surface area (Å²) >= 11 is 0. The van der Waals surface area contributed by atoms with E-state index in [4.69, 9.17) is 0 Å². The molecule has 0 aromatic rings. The first-order chi connectivity index (χ1) is 8.24. The average Bonchev–Trinajstić information content (AvgIpc) is 3.01. The predicted molar refractivity (Wildman–Crippen MR) is 75.1 cm³/mol. The molecule has 1 nitrogen and oxygen atoms in total. The largest absolute Gasteiger partial charge is 0.314 e. The fraction of sp³-hybridized carbons (Fsp3) is 1.00. The average molecular weight is 237 g/mol. The van der Waals surface area contributed by atoms with Gasteiger partial charge < -0.3 is 5.32 Å². The van der Waals surface area contributed by atoms with Gasteiger partial charge in [-0.25, -0.2) is 0 Å². The molecule has 100 valence electrons. The van der Waals surface area contributed by atoms with Gasteiger partial charge in [0.1, 0.15) is 0 Å². The highest BCUT2D eigenvalue weighted by molar-refractivity contribution is 5.04. The van der Waals surface area contributed by atoms with Crippen molar-refractivity contribution in [3.8, 4) is 0 Å². The smallest absolute Gasteiger partial charge is 0.0101 e. The maximum absolute atomic E-state index is 3.77. The molecule has 2 aliphatic carbocycles. The summed E-state index contributed by atoms with van der Waals surface area (Å²) in [7, 11) is 0. The van der Waals surface area contributed by atoms with Crippen LogP contribution in [0.4, 0.5) is 0 Å². The van der Waals surface area contributed by atoms with E-state index in [1.807, 2.05) is 0 Å². The Bertz CT molecular complexity index is 212. The second-order valence-electron chi connectivity index (χ2n) is 6.68. The minimum atomic E-state index is 0.840. The van der Waals surface area contributed by atoms with Crippen molar-refractivity contribution in [2.45, 2.75) is 71.8 Å². The highest BCUT2D eigenvalue weighted by Crippen LogP contribution is 2.57. The second kappa shape index (κ2) is 6.22. The van der Waals surface area contributed by atoms with E-state index in [9.17, 15) is 0 Å². The summed E-state index contributed by atoms with van der Waals surface area (Å²) < 4.78 is 0. The Balaban J connectivity index is 1.76. The Morgan fingerprint density at radius 2 is 1.71 bits per heavy atom. The molecule has 17 heavy (non-hydrogen) atoms. The molecular weight excluding hydrogens is 206 g/mol. The Labute approximate surface area is 108 Å². The van der Waals surface area contributed by atoms with Gasteiger partial charge in [0.05, 0.1) is 0 Å². The highest BCUT2D eigenvalue weighted by Gasteiger charge is 2.53. The van der Waals surface area contributed by atoms with Crippen molar-refractivity contribution in [2.24, 2.45) is 23.7 Å². The molecule has 2 aliphatic rings. The van der Waals surface area contributed by atoms with Crippen LogP contribution in [0.3, 0.4) is 0 Å². The van der Waals surface area contributed by atoms with Crippen LogP contribution in [-0.2, 0) is 0 Å². The first-order valence-electron chi connectivity index (χ1n) is 7.97. The molecule has 1 heteroatoms. The first kappa shape index (κ1) is 13.4. The number of hydrogen-bond acceptors (Lipinski definition) is 1. The Kier molecular flexibility index (Phi) is 4.90. The quantitative estimate of drug-likeness (QED) is 0.699. The third-order valence-corrected chi connectivity index (χ3v) is 4.95. The van der Waals surface area contributed by atoms with E-state index in [-0.39, 0.29) is 0 Å². The van der Waals surface area contributed by atoms with Crippen LogP contribution in [0.5, 0.6) is 0 Å². The zero-order valence-corrected chi connectivity index (χ0v) is 12.0. The summed E-state index contributed by atoms with van der Waals surface area (Å²) in [4.78, 5) is 0. The van der Waals surface area contributed by atoms with Gasteiger partial charge >= 0.3 is 0 Å². The third kappa shape index (κ3) is 3.47. The zero-order chi connectivity index (χ0) is 12.3. The fourth-order valence-corrected chi connectivity index (χ4v) is 4.08. The maximum atomic E-state index is 3.77. The summed E-state index contributed by atoms with van der Waals surface area (Å²) in [5.74, 6) is 4.13. The lowest BCUT2D eigenvalue weighted by Crippen LogP contribution is -2.32. The molecular formula is C16H31N. The number of rotatable bonds is 7. The van der Waals surface area contributed by atoms with Crippen LogP contribution in [0.1, 0.15) is 65.7 Å². The van der Waals surface area contributed by atoms with Gasteiger partial charge in [0.2, 0.25) is 0 Å². The minimum Gasteiger partial charge on any atom is -0.314 e. The summed E-state index contributed by atoms with van der Waals surface area (Å²) in [6, 6.07) is 0.840. The van der Waals surface area contributed by atoms with Crippen molar-refractivity contribution in [1.82, 2.24) is 5.32 Å². The van der Waals surface area contributed by atoms with E-state index in [0.29, 0.717) is 0 Å². The molecule has 0 spiro atoms. The van der Waals surface area contributed by atoms with Crippen molar-refractivity contribution in [3.63, 3.8) is 0 Å². The predicted octanol–water partition coefficient (Wildman–Crippen LogP) is 4.23. The molecule has 0 aromatic carbocycles. The molecule has 0 radical (unpaired) electrons. The van der Waals surface area contributed by atoms with Crippen LogP contribution < -0.4 is 5.32 Å². The maximum Gasteiger partial charge on any atom is 0.0101 e. The van der Waals surface area contributed by atoms with Crippen LogP contribution in [0, 0.1) is 23.7 Å². The molecule has 3 unspecified atom stereocenters. The van der Waals surface area contributed by atoms with E-state index in [1.54, 1.807) is 0 Å². The molecule has 0 saturated heterocycles. The van der Waals surface area contributed by atoms with Crippen LogP contribution in [0.15, 0.2) is 0 Å². The first-order valence-corrected chi connectivity index (χ1v) is 7.97. The summed E-state index contributed by atoms with van der Waals surface area (Å²) in [6.45, 7) is 8.11.